The molecule has 0 rings (SSSR count). The molecule has 17 nitrogen and oxygen atoms in total. The Morgan fingerprint density at radius 3 is 0.826 bits per heavy atom. The molecule has 0 aliphatic carbocycles. The number of carbonyl (C=O) groups excluding carboxylic acids is 4. The summed E-state index contributed by atoms with van der Waals surface area (Å²) in [6.07, 6.45) is 37.9. The van der Waals surface area contributed by atoms with Crippen molar-refractivity contribution < 1.29 is 80.2 Å². The Bertz CT molecular complexity index is 1720. The molecule has 0 aliphatic heterocycles. The highest BCUT2D eigenvalue weighted by Gasteiger charge is 2.30. The summed E-state index contributed by atoms with van der Waals surface area (Å²) in [6, 6.07) is 0. The Kier molecular flexibility index (Phi) is 55.7. The molecule has 6 atom stereocenters. The van der Waals surface area contributed by atoms with Gasteiger partial charge in [0, 0.05) is 25.7 Å². The minimum Gasteiger partial charge on any atom is -0.462 e. The number of esters is 4. The van der Waals surface area contributed by atoms with E-state index in [1.165, 1.54) is 122 Å². The van der Waals surface area contributed by atoms with Crippen LogP contribution in [0.3, 0.4) is 0 Å². The predicted molar refractivity (Wildman–Crippen MR) is 344 cm³/mol. The lowest BCUT2D eigenvalue weighted by molar-refractivity contribution is -0.161. The van der Waals surface area contributed by atoms with Gasteiger partial charge >= 0.3 is 39.5 Å². The van der Waals surface area contributed by atoms with Crippen LogP contribution in [0.1, 0.15) is 325 Å². The molecule has 0 saturated carbocycles. The van der Waals surface area contributed by atoms with Gasteiger partial charge in [-0.1, -0.05) is 274 Å². The summed E-state index contributed by atoms with van der Waals surface area (Å²) in [5.74, 6) is 0.754. The first-order chi connectivity index (χ1) is 41.1. The van der Waals surface area contributed by atoms with Crippen LogP contribution in [0.25, 0.3) is 0 Å². The SMILES string of the molecule is CCC(C)CCCCCCCCC(=O)O[C@H](COC(=O)CCCCCCCCCCCCCCCCC(C)C)COP(=O)(O)OC[C@@H](O)COP(=O)(O)OC[C@@H](COC(=O)CCCCCCCCC(C)C)OC(=O)CCCCCCCCCC(C)C. The fourth-order valence-electron chi connectivity index (χ4n) is 9.93. The fourth-order valence-corrected chi connectivity index (χ4v) is 11.5. The Balaban J connectivity index is 5.19. The first-order valence-electron chi connectivity index (χ1n) is 34.7. The topological polar surface area (TPSA) is 237 Å². The van der Waals surface area contributed by atoms with Crippen LogP contribution in [0.4, 0.5) is 0 Å². The summed E-state index contributed by atoms with van der Waals surface area (Å²) < 4.78 is 68.0. The lowest BCUT2D eigenvalue weighted by atomic mass is 10.00. The number of ether oxygens (including phenoxy) is 4. The van der Waals surface area contributed by atoms with Crippen LogP contribution in [-0.4, -0.2) is 96.7 Å². The van der Waals surface area contributed by atoms with Crippen LogP contribution in [-0.2, 0) is 65.4 Å². The third kappa shape index (κ3) is 59.7. The second-order valence-electron chi connectivity index (χ2n) is 25.9. The van der Waals surface area contributed by atoms with Crippen molar-refractivity contribution in [1.82, 2.24) is 0 Å². The van der Waals surface area contributed by atoms with Crippen molar-refractivity contribution in [3.05, 3.63) is 0 Å². The monoisotopic (exact) mass is 1270 g/mol. The normalized spacial score (nSPS) is 14.7. The van der Waals surface area contributed by atoms with Gasteiger partial charge in [-0.25, -0.2) is 9.13 Å². The minimum absolute atomic E-state index is 0.102. The zero-order valence-corrected chi connectivity index (χ0v) is 57.7. The van der Waals surface area contributed by atoms with E-state index in [1.54, 1.807) is 0 Å². The molecule has 0 bridgehead atoms. The number of rotatable bonds is 64. The van der Waals surface area contributed by atoms with Gasteiger partial charge in [-0.15, -0.1) is 0 Å². The molecule has 3 unspecified atom stereocenters. The molecule has 510 valence electrons. The summed E-state index contributed by atoms with van der Waals surface area (Å²) in [4.78, 5) is 72.3. The van der Waals surface area contributed by atoms with Gasteiger partial charge < -0.3 is 33.8 Å². The molecule has 0 aliphatic rings. The Labute approximate surface area is 524 Å². The number of hydrogen-bond acceptors (Lipinski definition) is 15. The molecule has 86 heavy (non-hydrogen) atoms. The zero-order chi connectivity index (χ0) is 63.9. The number of carbonyl (C=O) groups is 4. The van der Waals surface area contributed by atoms with Crippen molar-refractivity contribution in [2.75, 3.05) is 39.6 Å². The third-order valence-corrected chi connectivity index (χ3v) is 17.6. The Morgan fingerprint density at radius 1 is 0.326 bits per heavy atom. The first kappa shape index (κ1) is 84.1. The van der Waals surface area contributed by atoms with Gasteiger partial charge in [0.2, 0.25) is 0 Å². The summed E-state index contributed by atoms with van der Waals surface area (Å²) in [5.41, 5.74) is 0. The van der Waals surface area contributed by atoms with Crippen molar-refractivity contribution in [3.8, 4) is 0 Å². The van der Waals surface area contributed by atoms with Crippen LogP contribution in [0.2, 0.25) is 0 Å². The fraction of sp³-hybridized carbons (Fsp3) is 0.940. The molecule has 0 radical (unpaired) electrons. The average molecular weight is 1270 g/mol. The van der Waals surface area contributed by atoms with E-state index in [0.29, 0.717) is 37.5 Å². The molecule has 0 spiro atoms. The summed E-state index contributed by atoms with van der Waals surface area (Å²) in [5, 5.41) is 10.5. The van der Waals surface area contributed by atoms with Crippen molar-refractivity contribution >= 4 is 39.5 Å². The van der Waals surface area contributed by atoms with Gasteiger partial charge in [0.15, 0.2) is 12.2 Å². The van der Waals surface area contributed by atoms with Crippen LogP contribution in [0, 0.1) is 23.7 Å². The molecule has 0 heterocycles. The van der Waals surface area contributed by atoms with E-state index in [0.717, 1.165) is 108 Å². The first-order valence-corrected chi connectivity index (χ1v) is 37.7. The average Bonchev–Trinajstić information content (AvgIpc) is 3.68. The van der Waals surface area contributed by atoms with Crippen LogP contribution >= 0.6 is 15.6 Å². The number of hydrogen-bond donors (Lipinski definition) is 3. The van der Waals surface area contributed by atoms with Crippen LogP contribution < -0.4 is 0 Å². The van der Waals surface area contributed by atoms with E-state index in [9.17, 15) is 43.2 Å². The smallest absolute Gasteiger partial charge is 0.462 e. The van der Waals surface area contributed by atoms with Gasteiger partial charge in [-0.2, -0.15) is 0 Å². The van der Waals surface area contributed by atoms with Gasteiger partial charge in [0.25, 0.3) is 0 Å². The van der Waals surface area contributed by atoms with Crippen molar-refractivity contribution in [3.63, 3.8) is 0 Å². The standard InChI is InChI=1S/C67H130O17P2/c1-9-60(8)46-38-30-24-26-34-42-50-67(72)84-63(53-77-64(69)47-39-31-21-17-15-13-11-10-12-14-16-19-27-35-43-57(2)3)56-82-86(75,76)80-52-61(68)51-79-85(73,74)81-55-62(54-78-65(70)48-40-32-25-23-29-37-45-59(6)7)83-66(71)49-41-33-22-18-20-28-36-44-58(4)5/h57-63,68H,9-56H2,1-8H3,(H,73,74)(H,75,76)/t60?,61-,62+,63+/m0/s1. The molecular formula is C67H130O17P2. The molecule has 0 aromatic heterocycles. The van der Waals surface area contributed by atoms with Gasteiger partial charge in [-0.05, 0) is 49.4 Å². The molecule has 0 amide bonds. The van der Waals surface area contributed by atoms with Gasteiger partial charge in [0.05, 0.1) is 26.4 Å². The highest BCUT2D eigenvalue weighted by molar-refractivity contribution is 7.47. The number of aliphatic hydroxyl groups is 1. The zero-order valence-electron chi connectivity index (χ0n) is 55.9. The number of aliphatic hydroxyl groups excluding tert-OH is 1. The van der Waals surface area contributed by atoms with E-state index in [2.05, 4.69) is 55.4 Å². The number of unbranched alkanes of at least 4 members (excludes halogenated alkanes) is 29. The van der Waals surface area contributed by atoms with Crippen LogP contribution in [0.5, 0.6) is 0 Å². The molecule has 0 aromatic carbocycles. The van der Waals surface area contributed by atoms with E-state index in [1.807, 2.05) is 0 Å². The Hall–Kier alpha value is -1.94. The molecule has 19 heteroatoms. The number of phosphoric acid groups is 2. The maximum absolute atomic E-state index is 13.0. The largest absolute Gasteiger partial charge is 0.472 e. The maximum Gasteiger partial charge on any atom is 0.472 e. The number of phosphoric ester groups is 2. The van der Waals surface area contributed by atoms with E-state index < -0.39 is 97.5 Å². The minimum atomic E-state index is -4.95. The summed E-state index contributed by atoms with van der Waals surface area (Å²) in [7, 11) is -9.89. The maximum atomic E-state index is 13.0. The second kappa shape index (κ2) is 57.0. The highest BCUT2D eigenvalue weighted by atomic mass is 31.2. The van der Waals surface area contributed by atoms with E-state index >= 15 is 0 Å². The van der Waals surface area contributed by atoms with E-state index in [4.69, 9.17) is 37.0 Å². The highest BCUT2D eigenvalue weighted by Crippen LogP contribution is 2.45. The molecule has 0 aromatic rings. The molecule has 0 fully saturated rings. The second-order valence-corrected chi connectivity index (χ2v) is 28.8. The molecule has 3 N–H and O–H groups in total. The third-order valence-electron chi connectivity index (χ3n) is 15.7. The van der Waals surface area contributed by atoms with Gasteiger partial charge in [-0.3, -0.25) is 37.3 Å². The molecule has 0 saturated heterocycles. The lowest BCUT2D eigenvalue weighted by Crippen LogP contribution is -2.30. The van der Waals surface area contributed by atoms with Crippen molar-refractivity contribution in [2.45, 2.75) is 343 Å². The van der Waals surface area contributed by atoms with Gasteiger partial charge in [0.1, 0.15) is 19.3 Å². The van der Waals surface area contributed by atoms with E-state index in [-0.39, 0.29) is 25.7 Å². The quantitative estimate of drug-likeness (QED) is 0.0222. The molecular weight excluding hydrogens is 1140 g/mol. The van der Waals surface area contributed by atoms with Crippen molar-refractivity contribution in [1.29, 1.82) is 0 Å². The van der Waals surface area contributed by atoms with Crippen molar-refractivity contribution in [2.24, 2.45) is 23.7 Å². The lowest BCUT2D eigenvalue weighted by Gasteiger charge is -2.21. The van der Waals surface area contributed by atoms with Crippen LogP contribution in [0.15, 0.2) is 0 Å². The predicted octanol–water partition coefficient (Wildman–Crippen LogP) is 18.5. The summed E-state index contributed by atoms with van der Waals surface area (Å²) >= 11 is 0. The Morgan fingerprint density at radius 2 is 0.558 bits per heavy atom. The summed E-state index contributed by atoms with van der Waals surface area (Å²) in [6.45, 7) is 13.9.